The van der Waals surface area contributed by atoms with Crippen LogP contribution in [0.15, 0.2) is 36.4 Å². The molecule has 2 aromatic carbocycles. The molecule has 0 aromatic heterocycles. The van der Waals surface area contributed by atoms with Crippen LogP contribution in [0.25, 0.3) is 0 Å². The number of rotatable bonds is 3. The highest BCUT2D eigenvalue weighted by Gasteiger charge is 2.08. The number of ether oxygens (including phenoxy) is 1. The molecule has 100 valence electrons. The third kappa shape index (κ3) is 3.77. The lowest BCUT2D eigenvalue weighted by atomic mass is 10.1. The molecule has 0 aliphatic heterocycles. The summed E-state index contributed by atoms with van der Waals surface area (Å²) in [5, 5.41) is 1.50. The maximum absolute atomic E-state index is 6.16. The van der Waals surface area contributed by atoms with E-state index in [2.05, 4.69) is 0 Å². The van der Waals surface area contributed by atoms with Gasteiger partial charge in [0.2, 0.25) is 0 Å². The van der Waals surface area contributed by atoms with Gasteiger partial charge in [-0.05, 0) is 42.8 Å². The van der Waals surface area contributed by atoms with E-state index in [1.807, 2.05) is 13.0 Å². The van der Waals surface area contributed by atoms with Gasteiger partial charge in [-0.2, -0.15) is 0 Å². The molecule has 2 aromatic rings. The van der Waals surface area contributed by atoms with Crippen LogP contribution in [0.2, 0.25) is 15.1 Å². The Labute approximate surface area is 127 Å². The summed E-state index contributed by atoms with van der Waals surface area (Å²) in [6, 6.07) is 10.3. The zero-order valence-electron chi connectivity index (χ0n) is 10.2. The topological polar surface area (TPSA) is 35.2 Å². The van der Waals surface area contributed by atoms with Gasteiger partial charge in [0.05, 0.1) is 5.02 Å². The van der Waals surface area contributed by atoms with Crippen molar-refractivity contribution in [2.75, 3.05) is 0 Å². The van der Waals surface area contributed by atoms with Gasteiger partial charge in [-0.1, -0.05) is 40.9 Å². The van der Waals surface area contributed by atoms with E-state index in [9.17, 15) is 0 Å². The Balaban J connectivity index is 2.28. The third-order valence-electron chi connectivity index (χ3n) is 2.55. The Morgan fingerprint density at radius 3 is 2.16 bits per heavy atom. The van der Waals surface area contributed by atoms with E-state index in [-0.39, 0.29) is 6.04 Å². The molecule has 0 aliphatic rings. The fraction of sp³-hybridized carbons (Fsp3) is 0.143. The molecular formula is C14H12Cl3NO. The second-order valence-electron chi connectivity index (χ2n) is 4.19. The van der Waals surface area contributed by atoms with E-state index in [0.717, 1.165) is 5.56 Å². The van der Waals surface area contributed by atoms with Crippen molar-refractivity contribution in [3.8, 4) is 11.5 Å². The summed E-state index contributed by atoms with van der Waals surface area (Å²) in [6.45, 7) is 1.89. The molecule has 5 heteroatoms. The lowest BCUT2D eigenvalue weighted by Gasteiger charge is -2.11. The number of benzene rings is 2. The smallest absolute Gasteiger partial charge is 0.146 e. The van der Waals surface area contributed by atoms with Crippen LogP contribution in [0.3, 0.4) is 0 Å². The molecule has 0 fully saturated rings. The van der Waals surface area contributed by atoms with Gasteiger partial charge in [0.25, 0.3) is 0 Å². The minimum absolute atomic E-state index is 0.0767. The van der Waals surface area contributed by atoms with Gasteiger partial charge >= 0.3 is 0 Å². The lowest BCUT2D eigenvalue weighted by molar-refractivity contribution is 0.482. The largest absolute Gasteiger partial charge is 0.456 e. The minimum atomic E-state index is -0.0767. The lowest BCUT2D eigenvalue weighted by Crippen LogP contribution is -2.04. The fourth-order valence-corrected chi connectivity index (χ4v) is 2.33. The predicted molar refractivity (Wildman–Crippen MR) is 80.6 cm³/mol. The van der Waals surface area contributed by atoms with Crippen molar-refractivity contribution >= 4 is 34.8 Å². The van der Waals surface area contributed by atoms with Crippen LogP contribution < -0.4 is 10.5 Å². The van der Waals surface area contributed by atoms with Crippen molar-refractivity contribution in [3.05, 3.63) is 57.0 Å². The molecule has 2 N–H and O–H groups in total. The minimum Gasteiger partial charge on any atom is -0.456 e. The molecule has 0 amide bonds. The molecule has 0 aliphatic carbocycles. The summed E-state index contributed by atoms with van der Waals surface area (Å²) >= 11 is 18.0. The molecule has 0 unspecified atom stereocenters. The average molecular weight is 317 g/mol. The predicted octanol–water partition coefficient (Wildman–Crippen LogP) is 5.46. The van der Waals surface area contributed by atoms with Crippen LogP contribution in [0.1, 0.15) is 18.5 Å². The zero-order valence-corrected chi connectivity index (χ0v) is 12.4. The quantitative estimate of drug-likeness (QED) is 0.816. The summed E-state index contributed by atoms with van der Waals surface area (Å²) in [5.41, 5.74) is 6.74. The van der Waals surface area contributed by atoms with Crippen LogP contribution >= 0.6 is 34.8 Å². The molecule has 0 spiro atoms. The number of nitrogens with two attached hydrogens (primary N) is 1. The number of hydrogen-bond donors (Lipinski definition) is 1. The summed E-state index contributed by atoms with van der Waals surface area (Å²) in [4.78, 5) is 0. The zero-order chi connectivity index (χ0) is 14.0. The van der Waals surface area contributed by atoms with E-state index in [4.69, 9.17) is 45.3 Å². The first-order valence-corrected chi connectivity index (χ1v) is 6.78. The maximum atomic E-state index is 6.16. The van der Waals surface area contributed by atoms with Crippen LogP contribution in [0.5, 0.6) is 11.5 Å². The van der Waals surface area contributed by atoms with E-state index in [0.29, 0.717) is 26.6 Å². The monoisotopic (exact) mass is 315 g/mol. The fourth-order valence-electron chi connectivity index (χ4n) is 1.60. The molecule has 0 heterocycles. The van der Waals surface area contributed by atoms with Crippen molar-refractivity contribution < 1.29 is 4.74 Å². The molecule has 19 heavy (non-hydrogen) atoms. The Morgan fingerprint density at radius 2 is 1.63 bits per heavy atom. The summed E-state index contributed by atoms with van der Waals surface area (Å²) in [7, 11) is 0. The standard InChI is InChI=1S/C14H12Cl3NO/c1-8(18)9-2-3-14(13(17)4-9)19-12-6-10(15)5-11(16)7-12/h2-8H,18H2,1H3/t8-/m0/s1. The highest BCUT2D eigenvalue weighted by Crippen LogP contribution is 2.33. The first-order chi connectivity index (χ1) is 8.95. The van der Waals surface area contributed by atoms with Crippen molar-refractivity contribution in [3.63, 3.8) is 0 Å². The van der Waals surface area contributed by atoms with Gasteiger partial charge in [-0.3, -0.25) is 0 Å². The van der Waals surface area contributed by atoms with Gasteiger partial charge in [0.1, 0.15) is 11.5 Å². The summed E-state index contributed by atoms with van der Waals surface area (Å²) in [5.74, 6) is 1.07. The second-order valence-corrected chi connectivity index (χ2v) is 5.47. The highest BCUT2D eigenvalue weighted by atomic mass is 35.5. The first-order valence-electron chi connectivity index (χ1n) is 5.64. The molecule has 1 atom stereocenters. The highest BCUT2D eigenvalue weighted by molar-refractivity contribution is 6.34. The van der Waals surface area contributed by atoms with Crippen molar-refractivity contribution in [1.82, 2.24) is 0 Å². The van der Waals surface area contributed by atoms with E-state index < -0.39 is 0 Å². The van der Waals surface area contributed by atoms with Gasteiger partial charge in [0.15, 0.2) is 0 Å². The molecular weight excluding hydrogens is 305 g/mol. The van der Waals surface area contributed by atoms with Crippen molar-refractivity contribution in [1.29, 1.82) is 0 Å². The summed E-state index contributed by atoms with van der Waals surface area (Å²) < 4.78 is 5.66. The molecule has 0 bridgehead atoms. The van der Waals surface area contributed by atoms with Gasteiger partial charge in [-0.25, -0.2) is 0 Å². The van der Waals surface area contributed by atoms with Gasteiger partial charge < -0.3 is 10.5 Å². The molecule has 2 nitrogen and oxygen atoms in total. The third-order valence-corrected chi connectivity index (χ3v) is 3.28. The SMILES string of the molecule is C[C@H](N)c1ccc(Oc2cc(Cl)cc(Cl)c2)c(Cl)c1. The number of halogens is 3. The maximum Gasteiger partial charge on any atom is 0.146 e. The second kappa shape index (κ2) is 6.02. The normalized spacial score (nSPS) is 12.3. The Morgan fingerprint density at radius 1 is 1.00 bits per heavy atom. The Hall–Kier alpha value is -0.930. The van der Waals surface area contributed by atoms with Crippen LogP contribution in [-0.4, -0.2) is 0 Å². The summed E-state index contributed by atoms with van der Waals surface area (Å²) in [6.07, 6.45) is 0. The van der Waals surface area contributed by atoms with Crippen LogP contribution in [0, 0.1) is 0 Å². The Bertz CT molecular complexity index is 579. The van der Waals surface area contributed by atoms with E-state index in [1.165, 1.54) is 0 Å². The van der Waals surface area contributed by atoms with E-state index in [1.54, 1.807) is 30.3 Å². The van der Waals surface area contributed by atoms with Crippen molar-refractivity contribution in [2.45, 2.75) is 13.0 Å². The van der Waals surface area contributed by atoms with Gasteiger partial charge in [0, 0.05) is 16.1 Å². The van der Waals surface area contributed by atoms with Crippen LogP contribution in [0.4, 0.5) is 0 Å². The number of hydrogen-bond acceptors (Lipinski definition) is 2. The first kappa shape index (κ1) is 14.5. The Kier molecular flexibility index (Phi) is 4.58. The average Bonchev–Trinajstić information content (AvgIpc) is 2.30. The van der Waals surface area contributed by atoms with E-state index >= 15 is 0 Å². The molecule has 0 saturated carbocycles. The van der Waals surface area contributed by atoms with Crippen molar-refractivity contribution in [2.24, 2.45) is 5.73 Å². The molecule has 0 radical (unpaired) electrons. The molecule has 2 rings (SSSR count). The molecule has 0 saturated heterocycles. The van der Waals surface area contributed by atoms with Crippen LogP contribution in [-0.2, 0) is 0 Å². The van der Waals surface area contributed by atoms with Gasteiger partial charge in [-0.15, -0.1) is 0 Å².